The van der Waals surface area contributed by atoms with E-state index in [1.54, 1.807) is 28.9 Å². The molecule has 0 atom stereocenters. The van der Waals surface area contributed by atoms with E-state index in [2.05, 4.69) is 31.7 Å². The summed E-state index contributed by atoms with van der Waals surface area (Å²) in [6.45, 7) is 0.523. The Morgan fingerprint density at radius 1 is 1.12 bits per heavy atom. The fourth-order valence-corrected chi connectivity index (χ4v) is 3.14. The molecule has 0 aliphatic carbocycles. The predicted octanol–water partition coefficient (Wildman–Crippen LogP) is 5.95. The van der Waals surface area contributed by atoms with Crippen LogP contribution < -0.4 is 10.6 Å². The molecule has 3 rings (SSSR count). The fraction of sp³-hybridized carbons (Fsp3) is 0.0588. The first-order valence-corrected chi connectivity index (χ1v) is 9.37. The summed E-state index contributed by atoms with van der Waals surface area (Å²) in [5.74, 6) is 0.253. The maximum absolute atomic E-state index is 12.9. The van der Waals surface area contributed by atoms with Crippen LogP contribution in [0.1, 0.15) is 5.56 Å². The van der Waals surface area contributed by atoms with Crippen LogP contribution in [0, 0.1) is 5.82 Å². The Morgan fingerprint density at radius 3 is 2.54 bits per heavy atom. The largest absolute Gasteiger partial charge is 0.332 e. The average molecular weight is 474 g/mol. The van der Waals surface area contributed by atoms with Gasteiger partial charge in [-0.25, -0.2) is 4.39 Å². The third-order valence-corrected chi connectivity index (χ3v) is 4.90. The zero-order valence-electron chi connectivity index (χ0n) is 13.1. The van der Waals surface area contributed by atoms with Crippen molar-refractivity contribution in [2.24, 2.45) is 0 Å². The van der Waals surface area contributed by atoms with Crippen LogP contribution in [-0.2, 0) is 6.54 Å². The molecule has 2 aromatic carbocycles. The van der Waals surface area contributed by atoms with Gasteiger partial charge in [0.2, 0.25) is 0 Å². The number of hydrogen-bond acceptors (Lipinski definition) is 2. The lowest BCUT2D eigenvalue weighted by atomic mass is 10.2. The van der Waals surface area contributed by atoms with Gasteiger partial charge in [0.25, 0.3) is 0 Å². The maximum Gasteiger partial charge on any atom is 0.176 e. The van der Waals surface area contributed by atoms with Crippen molar-refractivity contribution in [3.63, 3.8) is 0 Å². The molecule has 0 aliphatic heterocycles. The van der Waals surface area contributed by atoms with Crippen molar-refractivity contribution in [2.75, 3.05) is 10.6 Å². The van der Waals surface area contributed by atoms with E-state index >= 15 is 0 Å². The van der Waals surface area contributed by atoms with Gasteiger partial charge in [0.05, 0.1) is 21.1 Å². The van der Waals surface area contributed by atoms with E-state index in [0.717, 1.165) is 10.0 Å². The zero-order chi connectivity index (χ0) is 18.7. The highest BCUT2D eigenvalue weighted by atomic mass is 79.9. The van der Waals surface area contributed by atoms with Gasteiger partial charge in [-0.05, 0) is 70.1 Å². The van der Waals surface area contributed by atoms with Gasteiger partial charge in [-0.2, -0.15) is 5.10 Å². The van der Waals surface area contributed by atoms with Crippen molar-refractivity contribution in [3.05, 3.63) is 74.6 Å². The lowest BCUT2D eigenvalue weighted by Crippen LogP contribution is -2.19. The van der Waals surface area contributed by atoms with E-state index in [9.17, 15) is 4.39 Å². The van der Waals surface area contributed by atoms with Gasteiger partial charge >= 0.3 is 0 Å². The van der Waals surface area contributed by atoms with Gasteiger partial charge in [0, 0.05) is 11.9 Å². The van der Waals surface area contributed by atoms with Crippen molar-refractivity contribution in [2.45, 2.75) is 6.54 Å². The molecule has 0 fully saturated rings. The number of anilines is 2. The van der Waals surface area contributed by atoms with Crippen LogP contribution in [0.4, 0.5) is 15.9 Å². The molecule has 134 valence electrons. The van der Waals surface area contributed by atoms with Gasteiger partial charge in [-0.15, -0.1) is 0 Å². The number of thiocarbonyl (C=S) groups is 1. The number of benzene rings is 2. The van der Waals surface area contributed by atoms with E-state index in [4.69, 9.17) is 35.4 Å². The first kappa shape index (κ1) is 19.1. The number of halogens is 4. The minimum Gasteiger partial charge on any atom is -0.332 e. The van der Waals surface area contributed by atoms with Crippen LogP contribution in [0.3, 0.4) is 0 Å². The zero-order valence-corrected chi connectivity index (χ0v) is 17.1. The Hall–Kier alpha value is -1.67. The second-order valence-electron chi connectivity index (χ2n) is 5.36. The summed E-state index contributed by atoms with van der Waals surface area (Å²) in [7, 11) is 0. The van der Waals surface area contributed by atoms with Gasteiger partial charge in [-0.3, -0.25) is 4.68 Å². The van der Waals surface area contributed by atoms with E-state index in [0.29, 0.717) is 33.2 Å². The monoisotopic (exact) mass is 472 g/mol. The summed E-state index contributed by atoms with van der Waals surface area (Å²) in [6.07, 6.45) is 1.82. The van der Waals surface area contributed by atoms with Crippen molar-refractivity contribution in [3.8, 4) is 0 Å². The van der Waals surface area contributed by atoms with E-state index in [-0.39, 0.29) is 5.82 Å². The van der Waals surface area contributed by atoms with Crippen LogP contribution in [0.5, 0.6) is 0 Å². The topological polar surface area (TPSA) is 41.9 Å². The molecule has 9 heteroatoms. The third-order valence-electron chi connectivity index (χ3n) is 3.38. The van der Waals surface area contributed by atoms with Gasteiger partial charge < -0.3 is 10.6 Å². The van der Waals surface area contributed by atoms with Crippen LogP contribution in [-0.4, -0.2) is 14.9 Å². The highest BCUT2D eigenvalue weighted by molar-refractivity contribution is 9.10. The molecule has 0 unspecified atom stereocenters. The normalized spacial score (nSPS) is 10.6. The molecule has 1 heterocycles. The Bertz CT molecular complexity index is 946. The summed E-state index contributed by atoms with van der Waals surface area (Å²) in [5, 5.41) is 11.8. The molecule has 0 saturated heterocycles. The molecule has 26 heavy (non-hydrogen) atoms. The minimum atomic E-state index is -0.307. The van der Waals surface area contributed by atoms with Crippen LogP contribution in [0.25, 0.3) is 0 Å². The third kappa shape index (κ3) is 4.94. The molecule has 0 aliphatic rings. The van der Waals surface area contributed by atoms with Crippen molar-refractivity contribution >= 4 is 68.0 Å². The van der Waals surface area contributed by atoms with E-state index in [1.165, 1.54) is 12.1 Å². The summed E-state index contributed by atoms with van der Waals surface area (Å²) < 4.78 is 15.4. The second kappa shape index (κ2) is 8.35. The molecule has 0 amide bonds. The Labute approximate surface area is 173 Å². The van der Waals surface area contributed by atoms with Gasteiger partial charge in [0.1, 0.15) is 5.82 Å². The SMILES string of the molecule is Fc1ccc(NC(=S)Nc2nn(Cc3ccc(Cl)c(Cl)c3)cc2Br)cc1. The van der Waals surface area contributed by atoms with Crippen molar-refractivity contribution in [1.29, 1.82) is 0 Å². The maximum atomic E-state index is 12.9. The lowest BCUT2D eigenvalue weighted by Gasteiger charge is -2.09. The van der Waals surface area contributed by atoms with Crippen molar-refractivity contribution < 1.29 is 4.39 Å². The molecular weight excluding hydrogens is 462 g/mol. The first-order valence-electron chi connectivity index (χ1n) is 7.41. The van der Waals surface area contributed by atoms with Gasteiger partial charge in [0.15, 0.2) is 10.9 Å². The van der Waals surface area contributed by atoms with Crippen LogP contribution in [0.15, 0.2) is 53.1 Å². The summed E-state index contributed by atoms with van der Waals surface area (Å²) in [4.78, 5) is 0. The molecule has 3 aromatic rings. The average Bonchev–Trinajstić information content (AvgIpc) is 2.92. The highest BCUT2D eigenvalue weighted by Crippen LogP contribution is 2.25. The molecule has 0 saturated carbocycles. The Balaban J connectivity index is 1.66. The molecule has 1 aromatic heterocycles. The van der Waals surface area contributed by atoms with E-state index < -0.39 is 0 Å². The summed E-state index contributed by atoms with van der Waals surface area (Å²) >= 11 is 20.7. The second-order valence-corrected chi connectivity index (χ2v) is 7.43. The first-order chi connectivity index (χ1) is 12.4. The van der Waals surface area contributed by atoms with Crippen LogP contribution >= 0.6 is 51.3 Å². The summed E-state index contributed by atoms with van der Waals surface area (Å²) in [6, 6.07) is 11.3. The smallest absolute Gasteiger partial charge is 0.176 e. The number of aromatic nitrogens is 2. The molecule has 0 radical (unpaired) electrons. The number of nitrogens with one attached hydrogen (secondary N) is 2. The molecule has 4 nitrogen and oxygen atoms in total. The van der Waals surface area contributed by atoms with Crippen LogP contribution in [0.2, 0.25) is 10.0 Å². The molecule has 2 N–H and O–H groups in total. The quantitative estimate of drug-likeness (QED) is 0.459. The number of rotatable bonds is 4. The number of nitrogens with zero attached hydrogens (tertiary/aromatic N) is 2. The molecule has 0 bridgehead atoms. The van der Waals surface area contributed by atoms with Gasteiger partial charge in [-0.1, -0.05) is 29.3 Å². The minimum absolute atomic E-state index is 0.307. The fourth-order valence-electron chi connectivity index (χ4n) is 2.19. The summed E-state index contributed by atoms with van der Waals surface area (Å²) in [5.41, 5.74) is 1.64. The standard InChI is InChI=1S/C17H12BrCl2FN4S/c18-13-9-25(8-10-1-6-14(19)15(20)7-10)24-16(13)23-17(26)22-12-4-2-11(21)3-5-12/h1-7,9H,8H2,(H2,22,23,24,26). The van der Waals surface area contributed by atoms with Crippen molar-refractivity contribution in [1.82, 2.24) is 9.78 Å². The molecular formula is C17H12BrCl2FN4S. The number of hydrogen-bond donors (Lipinski definition) is 2. The Kier molecular flexibility index (Phi) is 6.13. The molecule has 0 spiro atoms. The Morgan fingerprint density at radius 2 is 1.85 bits per heavy atom. The van der Waals surface area contributed by atoms with E-state index in [1.807, 2.05) is 12.3 Å². The lowest BCUT2D eigenvalue weighted by molar-refractivity contribution is 0.628. The highest BCUT2D eigenvalue weighted by Gasteiger charge is 2.10. The predicted molar refractivity (Wildman–Crippen MR) is 112 cm³/mol.